The van der Waals surface area contributed by atoms with Crippen LogP contribution in [0.2, 0.25) is 0 Å². The van der Waals surface area contributed by atoms with Crippen LogP contribution >= 0.6 is 0 Å². The molecule has 0 fully saturated rings. The van der Waals surface area contributed by atoms with Gasteiger partial charge in [-0.25, -0.2) is 0 Å². The summed E-state index contributed by atoms with van der Waals surface area (Å²) >= 11 is 0. The SMILES string of the molecule is C[C@H](c1cccc(O)c1)N(C)C(=O)c1ccon1. The van der Waals surface area contributed by atoms with Gasteiger partial charge in [0, 0.05) is 13.1 Å². The molecule has 5 nitrogen and oxygen atoms in total. The lowest BCUT2D eigenvalue weighted by atomic mass is 10.1. The molecular formula is C13H14N2O3. The number of hydrogen-bond donors (Lipinski definition) is 1. The lowest BCUT2D eigenvalue weighted by Gasteiger charge is -2.24. The summed E-state index contributed by atoms with van der Waals surface area (Å²) in [6, 6.07) is 8.19. The van der Waals surface area contributed by atoms with Crippen molar-refractivity contribution in [1.29, 1.82) is 0 Å². The molecule has 1 N–H and O–H groups in total. The molecule has 0 unspecified atom stereocenters. The summed E-state index contributed by atoms with van der Waals surface area (Å²) in [6.07, 6.45) is 1.36. The van der Waals surface area contributed by atoms with E-state index in [1.165, 1.54) is 12.3 Å². The van der Waals surface area contributed by atoms with Gasteiger partial charge in [-0.1, -0.05) is 17.3 Å². The fourth-order valence-corrected chi connectivity index (χ4v) is 1.69. The van der Waals surface area contributed by atoms with Gasteiger partial charge in [-0.3, -0.25) is 4.79 Å². The average Bonchev–Trinajstić information content (AvgIpc) is 2.90. The standard InChI is InChI=1S/C13H14N2O3/c1-9(10-4-3-5-11(16)8-10)15(2)13(17)12-6-7-18-14-12/h3-9,16H,1-2H3/t9-/m1/s1. The Balaban J connectivity index is 2.18. The number of benzene rings is 1. The number of nitrogens with zero attached hydrogens (tertiary/aromatic N) is 2. The van der Waals surface area contributed by atoms with Gasteiger partial charge in [0.15, 0.2) is 5.69 Å². The first-order chi connectivity index (χ1) is 8.59. The van der Waals surface area contributed by atoms with Crippen LogP contribution in [0, 0.1) is 0 Å². The number of carbonyl (C=O) groups is 1. The van der Waals surface area contributed by atoms with Gasteiger partial charge < -0.3 is 14.5 Å². The summed E-state index contributed by atoms with van der Waals surface area (Å²) in [4.78, 5) is 13.6. The van der Waals surface area contributed by atoms with Crippen molar-refractivity contribution in [3.63, 3.8) is 0 Å². The molecule has 0 bridgehead atoms. The Morgan fingerprint density at radius 1 is 1.44 bits per heavy atom. The van der Waals surface area contributed by atoms with Gasteiger partial charge in [0.1, 0.15) is 12.0 Å². The summed E-state index contributed by atoms with van der Waals surface area (Å²) in [5.74, 6) is -0.0405. The van der Waals surface area contributed by atoms with Gasteiger partial charge in [0.2, 0.25) is 0 Å². The highest BCUT2D eigenvalue weighted by Crippen LogP contribution is 2.23. The minimum Gasteiger partial charge on any atom is -0.508 e. The van der Waals surface area contributed by atoms with Crippen LogP contribution in [0.25, 0.3) is 0 Å². The van der Waals surface area contributed by atoms with E-state index < -0.39 is 0 Å². The van der Waals surface area contributed by atoms with Crippen molar-refractivity contribution in [2.24, 2.45) is 0 Å². The topological polar surface area (TPSA) is 66.6 Å². The fraction of sp³-hybridized carbons (Fsp3) is 0.231. The summed E-state index contributed by atoms with van der Waals surface area (Å²) < 4.78 is 4.65. The number of phenols is 1. The predicted octanol–water partition coefficient (Wildman–Crippen LogP) is 2.21. The molecule has 2 rings (SSSR count). The highest BCUT2D eigenvalue weighted by Gasteiger charge is 2.20. The Morgan fingerprint density at radius 2 is 2.22 bits per heavy atom. The monoisotopic (exact) mass is 246 g/mol. The minimum atomic E-state index is -0.223. The number of phenolic OH excluding ortho intramolecular Hbond substituents is 1. The Bertz CT molecular complexity index is 537. The van der Waals surface area contributed by atoms with Crippen molar-refractivity contribution in [2.75, 3.05) is 7.05 Å². The first kappa shape index (κ1) is 12.2. The lowest BCUT2D eigenvalue weighted by molar-refractivity contribution is 0.0732. The maximum absolute atomic E-state index is 12.0. The molecule has 0 saturated carbocycles. The fourth-order valence-electron chi connectivity index (χ4n) is 1.69. The average molecular weight is 246 g/mol. The van der Waals surface area contributed by atoms with Gasteiger partial charge in [-0.05, 0) is 24.6 Å². The number of aromatic hydroxyl groups is 1. The molecule has 0 aliphatic heterocycles. The molecule has 0 saturated heterocycles. The van der Waals surface area contributed by atoms with Crippen LogP contribution in [0.3, 0.4) is 0 Å². The Hall–Kier alpha value is -2.30. The molecule has 0 aliphatic rings. The van der Waals surface area contributed by atoms with Crippen molar-refractivity contribution in [2.45, 2.75) is 13.0 Å². The van der Waals surface area contributed by atoms with E-state index in [-0.39, 0.29) is 23.4 Å². The van der Waals surface area contributed by atoms with Crippen LogP contribution in [0.15, 0.2) is 41.1 Å². The molecule has 1 heterocycles. The first-order valence-corrected chi connectivity index (χ1v) is 5.56. The molecule has 0 radical (unpaired) electrons. The molecule has 94 valence electrons. The number of carbonyl (C=O) groups excluding carboxylic acids is 1. The Kier molecular flexibility index (Phi) is 3.32. The van der Waals surface area contributed by atoms with E-state index in [1.807, 2.05) is 13.0 Å². The molecule has 1 aromatic heterocycles. The van der Waals surface area contributed by atoms with Crippen molar-refractivity contribution >= 4 is 5.91 Å². The molecule has 0 aliphatic carbocycles. The van der Waals surface area contributed by atoms with E-state index in [9.17, 15) is 9.90 Å². The molecule has 2 aromatic rings. The number of rotatable bonds is 3. The zero-order valence-electron chi connectivity index (χ0n) is 10.2. The molecule has 5 heteroatoms. The van der Waals surface area contributed by atoms with Crippen LogP contribution < -0.4 is 0 Å². The van der Waals surface area contributed by atoms with Crippen molar-refractivity contribution in [1.82, 2.24) is 10.1 Å². The predicted molar refractivity (Wildman–Crippen MR) is 65.1 cm³/mol. The number of amides is 1. The third-order valence-corrected chi connectivity index (χ3v) is 2.91. The van der Waals surface area contributed by atoms with Gasteiger partial charge in [-0.2, -0.15) is 0 Å². The van der Waals surface area contributed by atoms with Crippen LogP contribution in [0.1, 0.15) is 29.0 Å². The van der Waals surface area contributed by atoms with E-state index in [1.54, 1.807) is 30.1 Å². The third kappa shape index (κ3) is 2.34. The highest BCUT2D eigenvalue weighted by atomic mass is 16.5. The second-order valence-electron chi connectivity index (χ2n) is 4.07. The quantitative estimate of drug-likeness (QED) is 0.901. The first-order valence-electron chi connectivity index (χ1n) is 5.56. The van der Waals surface area contributed by atoms with Crippen LogP contribution in [-0.2, 0) is 0 Å². The zero-order chi connectivity index (χ0) is 13.1. The Morgan fingerprint density at radius 3 is 2.83 bits per heavy atom. The molecule has 1 amide bonds. The summed E-state index contributed by atoms with van der Waals surface area (Å²) in [6.45, 7) is 1.88. The maximum Gasteiger partial charge on any atom is 0.276 e. The van der Waals surface area contributed by atoms with Crippen molar-refractivity contribution in [3.05, 3.63) is 47.9 Å². The zero-order valence-corrected chi connectivity index (χ0v) is 10.2. The molecule has 1 atom stereocenters. The van der Waals surface area contributed by atoms with E-state index in [0.29, 0.717) is 0 Å². The van der Waals surface area contributed by atoms with Gasteiger partial charge >= 0.3 is 0 Å². The molecule has 0 spiro atoms. The van der Waals surface area contributed by atoms with E-state index in [0.717, 1.165) is 5.56 Å². The smallest absolute Gasteiger partial charge is 0.276 e. The largest absolute Gasteiger partial charge is 0.508 e. The molecule has 1 aromatic carbocycles. The number of aromatic nitrogens is 1. The third-order valence-electron chi connectivity index (χ3n) is 2.91. The normalized spacial score (nSPS) is 12.1. The second kappa shape index (κ2) is 4.91. The number of hydrogen-bond acceptors (Lipinski definition) is 4. The summed E-state index contributed by atoms with van der Waals surface area (Å²) in [5.41, 5.74) is 1.12. The van der Waals surface area contributed by atoms with E-state index >= 15 is 0 Å². The van der Waals surface area contributed by atoms with E-state index in [2.05, 4.69) is 9.68 Å². The van der Waals surface area contributed by atoms with Crippen LogP contribution in [-0.4, -0.2) is 28.1 Å². The molecule has 18 heavy (non-hydrogen) atoms. The van der Waals surface area contributed by atoms with Crippen LogP contribution in [0.4, 0.5) is 0 Å². The highest BCUT2D eigenvalue weighted by molar-refractivity contribution is 5.92. The summed E-state index contributed by atoms with van der Waals surface area (Å²) in [5, 5.41) is 13.1. The Labute approximate surface area is 105 Å². The van der Waals surface area contributed by atoms with Gasteiger partial charge in [-0.15, -0.1) is 0 Å². The van der Waals surface area contributed by atoms with Gasteiger partial charge in [0.05, 0.1) is 6.04 Å². The van der Waals surface area contributed by atoms with Crippen molar-refractivity contribution < 1.29 is 14.4 Å². The lowest BCUT2D eigenvalue weighted by Crippen LogP contribution is -2.29. The summed E-state index contributed by atoms with van der Waals surface area (Å²) in [7, 11) is 1.69. The maximum atomic E-state index is 12.0. The van der Waals surface area contributed by atoms with E-state index in [4.69, 9.17) is 0 Å². The van der Waals surface area contributed by atoms with Crippen molar-refractivity contribution in [3.8, 4) is 5.75 Å². The molecular weight excluding hydrogens is 232 g/mol. The van der Waals surface area contributed by atoms with Crippen LogP contribution in [0.5, 0.6) is 5.75 Å². The van der Waals surface area contributed by atoms with Gasteiger partial charge in [0.25, 0.3) is 5.91 Å². The second-order valence-corrected chi connectivity index (χ2v) is 4.07. The minimum absolute atomic E-state index is 0.165.